The van der Waals surface area contributed by atoms with E-state index >= 15 is 0 Å². The van der Waals surface area contributed by atoms with Crippen molar-refractivity contribution in [3.05, 3.63) is 27.1 Å². The molecule has 0 saturated carbocycles. The molecule has 0 aromatic heterocycles. The molecule has 0 aliphatic heterocycles. The van der Waals surface area contributed by atoms with Gasteiger partial charge >= 0.3 is 5.97 Å². The number of carbonyl (C=O) groups excluding carboxylic acids is 1. The second-order valence-corrected chi connectivity index (χ2v) is 7.57. The van der Waals surface area contributed by atoms with Gasteiger partial charge in [0.05, 0.1) is 18.4 Å². The zero-order valence-corrected chi connectivity index (χ0v) is 15.1. The predicted octanol–water partition coefficient (Wildman–Crippen LogP) is 2.79. The number of halogens is 2. The molecule has 0 aliphatic rings. The van der Waals surface area contributed by atoms with E-state index in [0.717, 1.165) is 0 Å². The van der Waals surface area contributed by atoms with E-state index in [1.54, 1.807) is 19.1 Å². The third-order valence-electron chi connectivity index (χ3n) is 2.66. The molecule has 1 aromatic rings. The van der Waals surface area contributed by atoms with Gasteiger partial charge in [-0.15, -0.1) is 0 Å². The summed E-state index contributed by atoms with van der Waals surface area (Å²) in [5.74, 6) is -0.438. The number of benzene rings is 1. The number of hydrogen-bond donors (Lipinski definition) is 0. The van der Waals surface area contributed by atoms with Gasteiger partial charge in [-0.2, -0.15) is 4.31 Å². The van der Waals surface area contributed by atoms with Crippen molar-refractivity contribution in [2.24, 2.45) is 0 Å². The standard InChI is InChI=1S/C12H15Br2NO4S/c1-3-15(7-6-12(16)19-2)20(17,18)11-8-9(13)4-5-10(11)14/h4-5,8H,3,6-7H2,1-2H3. The first-order chi connectivity index (χ1) is 9.32. The summed E-state index contributed by atoms with van der Waals surface area (Å²) < 4.78 is 32.0. The van der Waals surface area contributed by atoms with E-state index in [9.17, 15) is 13.2 Å². The van der Waals surface area contributed by atoms with Crippen molar-refractivity contribution in [2.45, 2.75) is 18.2 Å². The molecule has 5 nitrogen and oxygen atoms in total. The Morgan fingerprint density at radius 3 is 2.55 bits per heavy atom. The third kappa shape index (κ3) is 4.28. The summed E-state index contributed by atoms with van der Waals surface area (Å²) >= 11 is 6.49. The maximum Gasteiger partial charge on any atom is 0.306 e. The largest absolute Gasteiger partial charge is 0.469 e. The maximum atomic E-state index is 12.6. The molecule has 8 heteroatoms. The SMILES string of the molecule is CCN(CCC(=O)OC)S(=O)(=O)c1cc(Br)ccc1Br. The lowest BCUT2D eigenvalue weighted by atomic mass is 10.4. The minimum absolute atomic E-state index is 0.0230. The van der Waals surface area contributed by atoms with E-state index in [2.05, 4.69) is 36.6 Å². The zero-order valence-electron chi connectivity index (χ0n) is 11.1. The quantitative estimate of drug-likeness (QED) is 0.653. The molecule has 0 fully saturated rings. The average Bonchev–Trinajstić information content (AvgIpc) is 2.41. The molecule has 0 bridgehead atoms. The molecule has 0 N–H and O–H groups in total. The highest BCUT2D eigenvalue weighted by Gasteiger charge is 2.26. The van der Waals surface area contributed by atoms with Gasteiger partial charge in [-0.1, -0.05) is 22.9 Å². The molecule has 0 saturated heterocycles. The van der Waals surface area contributed by atoms with Crippen LogP contribution in [0.2, 0.25) is 0 Å². The molecule has 1 rings (SSSR count). The van der Waals surface area contributed by atoms with Crippen molar-refractivity contribution >= 4 is 47.9 Å². The van der Waals surface area contributed by atoms with Crippen molar-refractivity contribution in [3.8, 4) is 0 Å². The lowest BCUT2D eigenvalue weighted by Crippen LogP contribution is -2.33. The molecule has 0 atom stereocenters. The first-order valence-corrected chi connectivity index (χ1v) is 8.87. The molecule has 0 radical (unpaired) electrons. The lowest BCUT2D eigenvalue weighted by Gasteiger charge is -2.20. The highest BCUT2D eigenvalue weighted by atomic mass is 79.9. The van der Waals surface area contributed by atoms with Gasteiger partial charge in [-0.25, -0.2) is 8.42 Å². The second-order valence-electron chi connectivity index (χ2n) is 3.90. The Kier molecular flexibility index (Phi) is 6.63. The third-order valence-corrected chi connectivity index (χ3v) is 6.12. The van der Waals surface area contributed by atoms with E-state index < -0.39 is 16.0 Å². The van der Waals surface area contributed by atoms with E-state index in [1.807, 2.05) is 0 Å². The van der Waals surface area contributed by atoms with Gasteiger partial charge in [0.25, 0.3) is 0 Å². The second kappa shape index (κ2) is 7.53. The van der Waals surface area contributed by atoms with Crippen molar-refractivity contribution in [2.75, 3.05) is 20.2 Å². The Balaban J connectivity index is 3.06. The van der Waals surface area contributed by atoms with Crippen molar-refractivity contribution < 1.29 is 17.9 Å². The van der Waals surface area contributed by atoms with Gasteiger partial charge in [-0.05, 0) is 34.1 Å². The van der Waals surface area contributed by atoms with Gasteiger partial charge in [0.15, 0.2) is 0 Å². The average molecular weight is 429 g/mol. The topological polar surface area (TPSA) is 63.7 Å². The van der Waals surface area contributed by atoms with Crippen LogP contribution in [0.5, 0.6) is 0 Å². The Morgan fingerprint density at radius 1 is 1.35 bits per heavy atom. The summed E-state index contributed by atoms with van der Waals surface area (Å²) in [5, 5.41) is 0. The Hall–Kier alpha value is -0.440. The number of ether oxygens (including phenoxy) is 1. The fraction of sp³-hybridized carbons (Fsp3) is 0.417. The van der Waals surface area contributed by atoms with Gasteiger partial charge in [0.2, 0.25) is 10.0 Å². The van der Waals surface area contributed by atoms with Gasteiger partial charge in [0, 0.05) is 22.0 Å². The van der Waals surface area contributed by atoms with Crippen LogP contribution >= 0.6 is 31.9 Å². The molecule has 112 valence electrons. The molecule has 1 aromatic carbocycles. The maximum absolute atomic E-state index is 12.6. The van der Waals surface area contributed by atoms with Crippen LogP contribution in [0.15, 0.2) is 32.0 Å². The summed E-state index contributed by atoms with van der Waals surface area (Å²) in [7, 11) is -2.38. The highest BCUT2D eigenvalue weighted by Crippen LogP contribution is 2.28. The van der Waals surface area contributed by atoms with E-state index in [1.165, 1.54) is 17.5 Å². The fourth-order valence-corrected chi connectivity index (χ4v) is 4.49. The van der Waals surface area contributed by atoms with Crippen molar-refractivity contribution in [1.82, 2.24) is 4.31 Å². The molecule has 0 unspecified atom stereocenters. The van der Waals surface area contributed by atoms with Crippen LogP contribution < -0.4 is 0 Å². The highest BCUT2D eigenvalue weighted by molar-refractivity contribution is 9.11. The van der Waals surface area contributed by atoms with Crippen LogP contribution in [0.3, 0.4) is 0 Å². The number of rotatable bonds is 6. The number of carbonyl (C=O) groups is 1. The van der Waals surface area contributed by atoms with E-state index in [0.29, 0.717) is 8.95 Å². The molecule has 0 heterocycles. The summed E-state index contributed by atoms with van der Waals surface area (Å²) in [6, 6.07) is 4.93. The number of methoxy groups -OCH3 is 1. The monoisotopic (exact) mass is 427 g/mol. The molecule has 0 aliphatic carbocycles. The van der Waals surface area contributed by atoms with Crippen LogP contribution in [0.1, 0.15) is 13.3 Å². The fourth-order valence-electron chi connectivity index (χ4n) is 1.58. The van der Waals surface area contributed by atoms with Crippen LogP contribution in [0.4, 0.5) is 0 Å². The van der Waals surface area contributed by atoms with Crippen LogP contribution in [0.25, 0.3) is 0 Å². The lowest BCUT2D eigenvalue weighted by molar-refractivity contribution is -0.140. The van der Waals surface area contributed by atoms with Crippen molar-refractivity contribution in [3.63, 3.8) is 0 Å². The van der Waals surface area contributed by atoms with Gasteiger partial charge < -0.3 is 4.74 Å². The van der Waals surface area contributed by atoms with Gasteiger partial charge in [-0.3, -0.25) is 4.79 Å². The zero-order chi connectivity index (χ0) is 15.3. The number of hydrogen-bond acceptors (Lipinski definition) is 4. The summed E-state index contributed by atoms with van der Waals surface area (Å²) in [5.41, 5.74) is 0. The summed E-state index contributed by atoms with van der Waals surface area (Å²) in [6.45, 7) is 2.09. The Morgan fingerprint density at radius 2 is 2.00 bits per heavy atom. The van der Waals surface area contributed by atoms with Gasteiger partial charge in [0.1, 0.15) is 0 Å². The Bertz CT molecular complexity index is 589. The van der Waals surface area contributed by atoms with Crippen LogP contribution in [-0.2, 0) is 19.6 Å². The van der Waals surface area contributed by atoms with E-state index in [-0.39, 0.29) is 24.4 Å². The minimum Gasteiger partial charge on any atom is -0.469 e. The molecule has 0 amide bonds. The Labute approximate surface area is 135 Å². The van der Waals surface area contributed by atoms with E-state index in [4.69, 9.17) is 0 Å². The smallest absolute Gasteiger partial charge is 0.306 e. The van der Waals surface area contributed by atoms with Crippen molar-refractivity contribution in [1.29, 1.82) is 0 Å². The minimum atomic E-state index is -3.66. The first kappa shape index (κ1) is 17.6. The first-order valence-electron chi connectivity index (χ1n) is 5.85. The summed E-state index contributed by atoms with van der Waals surface area (Å²) in [6.07, 6.45) is 0.0230. The van der Waals surface area contributed by atoms with Crippen LogP contribution in [-0.4, -0.2) is 38.9 Å². The number of esters is 1. The van der Waals surface area contributed by atoms with Crippen LogP contribution in [0, 0.1) is 0 Å². The predicted molar refractivity (Wildman–Crippen MR) is 82.9 cm³/mol. The number of nitrogens with zero attached hydrogens (tertiary/aromatic N) is 1. The molecule has 0 spiro atoms. The normalized spacial score (nSPS) is 11.7. The molecular weight excluding hydrogens is 414 g/mol. The molecular formula is C12H15Br2NO4S. The molecule has 20 heavy (non-hydrogen) atoms. The summed E-state index contributed by atoms with van der Waals surface area (Å²) in [4.78, 5) is 11.3. The number of sulfonamides is 1.